The Bertz CT molecular complexity index is 1450. The second-order valence-electron chi connectivity index (χ2n) is 8.57. The van der Waals surface area contributed by atoms with Crippen LogP contribution in [0, 0.1) is 11.6 Å². The van der Waals surface area contributed by atoms with E-state index in [-0.39, 0.29) is 12.1 Å². The summed E-state index contributed by atoms with van der Waals surface area (Å²) in [5.41, 5.74) is -1.23. The molecule has 0 aliphatic heterocycles. The zero-order chi connectivity index (χ0) is 30.0. The van der Waals surface area contributed by atoms with Crippen LogP contribution in [-0.4, -0.2) is 49.1 Å². The SMILES string of the molecule is [2H]C([2H])([2H])N(Cc1ccc(-c2ccc(OC(F)(F)F)cc2)nc1)[C@H](C)[C@](O)(Cn1cncn1)c1ccc(F)cc1F. The molecule has 38 heavy (non-hydrogen) atoms. The molecule has 0 fully saturated rings. The van der Waals surface area contributed by atoms with Crippen LogP contribution in [0.2, 0.25) is 0 Å². The van der Waals surface area contributed by atoms with E-state index in [1.807, 2.05) is 0 Å². The van der Waals surface area contributed by atoms with Gasteiger partial charge in [0.2, 0.25) is 0 Å². The molecule has 7 nitrogen and oxygen atoms in total. The summed E-state index contributed by atoms with van der Waals surface area (Å²) in [5.74, 6) is -2.33. The first-order valence-electron chi connectivity index (χ1n) is 12.7. The average Bonchev–Trinajstić information content (AvgIpc) is 3.39. The highest BCUT2D eigenvalue weighted by Gasteiger charge is 2.41. The third-order valence-electron chi connectivity index (χ3n) is 5.99. The Morgan fingerprint density at radius 1 is 1.11 bits per heavy atom. The van der Waals surface area contributed by atoms with Gasteiger partial charge in [-0.25, -0.2) is 18.4 Å². The Labute approximate surface area is 219 Å². The molecule has 0 aliphatic rings. The van der Waals surface area contributed by atoms with Crippen LogP contribution in [0.4, 0.5) is 22.0 Å². The number of hydrogen-bond acceptors (Lipinski definition) is 6. The number of aliphatic hydroxyl groups is 1. The van der Waals surface area contributed by atoms with Crippen molar-refractivity contribution in [3.8, 4) is 17.0 Å². The van der Waals surface area contributed by atoms with Crippen LogP contribution >= 0.6 is 0 Å². The van der Waals surface area contributed by atoms with Crippen LogP contribution in [0.25, 0.3) is 11.3 Å². The molecule has 12 heteroatoms. The monoisotopic (exact) mass is 536 g/mol. The predicted octanol–water partition coefficient (Wildman–Crippen LogP) is 4.93. The molecule has 4 rings (SSSR count). The van der Waals surface area contributed by atoms with Crippen molar-refractivity contribution in [2.45, 2.75) is 38.0 Å². The van der Waals surface area contributed by atoms with Crippen molar-refractivity contribution in [3.05, 3.63) is 96.2 Å². The number of benzene rings is 2. The summed E-state index contributed by atoms with van der Waals surface area (Å²) < 4.78 is 95.4. The Hall–Kier alpha value is -3.90. The lowest BCUT2D eigenvalue weighted by Gasteiger charge is -2.39. The van der Waals surface area contributed by atoms with Gasteiger partial charge < -0.3 is 9.84 Å². The van der Waals surface area contributed by atoms with E-state index in [0.29, 0.717) is 22.9 Å². The molecule has 0 aliphatic carbocycles. The number of halogens is 5. The van der Waals surface area contributed by atoms with Crippen molar-refractivity contribution in [1.82, 2.24) is 24.6 Å². The lowest BCUT2D eigenvalue weighted by molar-refractivity contribution is -0.274. The molecule has 0 saturated heterocycles. The zero-order valence-electron chi connectivity index (χ0n) is 22.9. The molecule has 200 valence electrons. The summed E-state index contributed by atoms with van der Waals surface area (Å²) >= 11 is 0. The molecule has 0 radical (unpaired) electrons. The second kappa shape index (κ2) is 10.8. The molecule has 0 saturated carbocycles. The number of hydrogen-bond donors (Lipinski definition) is 1. The summed E-state index contributed by atoms with van der Waals surface area (Å²) in [5, 5.41) is 15.8. The van der Waals surface area contributed by atoms with E-state index in [1.165, 1.54) is 42.6 Å². The molecule has 4 aromatic rings. The Morgan fingerprint density at radius 2 is 1.87 bits per heavy atom. The molecule has 0 amide bonds. The maximum Gasteiger partial charge on any atom is 0.573 e. The van der Waals surface area contributed by atoms with E-state index in [4.69, 9.17) is 4.11 Å². The first kappa shape index (κ1) is 23.2. The van der Waals surface area contributed by atoms with Crippen LogP contribution in [-0.2, 0) is 18.7 Å². The fourth-order valence-corrected chi connectivity index (χ4v) is 3.95. The highest BCUT2D eigenvalue weighted by molar-refractivity contribution is 5.60. The maximum absolute atomic E-state index is 15.0. The third kappa shape index (κ3) is 6.32. The van der Waals surface area contributed by atoms with Crippen LogP contribution in [0.1, 0.15) is 22.2 Å². The first-order valence-corrected chi connectivity index (χ1v) is 11.2. The smallest absolute Gasteiger partial charge is 0.406 e. The minimum absolute atomic E-state index is 0.258. The largest absolute Gasteiger partial charge is 0.573 e. The van der Waals surface area contributed by atoms with Crippen LogP contribution in [0.5, 0.6) is 5.75 Å². The van der Waals surface area contributed by atoms with Crippen LogP contribution in [0.3, 0.4) is 0 Å². The molecule has 0 spiro atoms. The van der Waals surface area contributed by atoms with Gasteiger partial charge in [-0.2, -0.15) is 5.10 Å². The standard InChI is InChI=1S/C26H24F5N5O2/c1-17(25(37,14-36-16-32-15-34-36)22-9-6-20(27)11-23(22)28)35(2)13-18-3-10-24(33-12-18)19-4-7-21(8-5-19)38-26(29,30)31/h3-12,15-17,37H,13-14H2,1-2H3/t17-,25-/m1/s1/i2D3. The average molecular weight is 537 g/mol. The van der Waals surface area contributed by atoms with Crippen LogP contribution in [0.15, 0.2) is 73.4 Å². The number of ether oxygens (including phenoxy) is 1. The van der Waals surface area contributed by atoms with Gasteiger partial charge in [-0.15, -0.1) is 13.2 Å². The van der Waals surface area contributed by atoms with Crippen molar-refractivity contribution < 1.29 is 35.9 Å². The molecule has 2 heterocycles. The normalized spacial score (nSPS) is 15.8. The van der Waals surface area contributed by atoms with Gasteiger partial charge in [0.1, 0.15) is 35.6 Å². The number of aromatic nitrogens is 4. The number of pyridine rings is 1. The van der Waals surface area contributed by atoms with Gasteiger partial charge in [0.15, 0.2) is 0 Å². The predicted molar refractivity (Wildman–Crippen MR) is 128 cm³/mol. The van der Waals surface area contributed by atoms with E-state index in [9.17, 15) is 27.1 Å². The quantitative estimate of drug-likeness (QED) is 0.306. The molecule has 2 aromatic heterocycles. The van der Waals surface area contributed by atoms with Crippen molar-refractivity contribution in [2.75, 3.05) is 6.98 Å². The van der Waals surface area contributed by atoms with E-state index >= 15 is 0 Å². The minimum Gasteiger partial charge on any atom is -0.406 e. The molecular formula is C26H24F5N5O2. The maximum atomic E-state index is 15.0. The van der Waals surface area contributed by atoms with Gasteiger partial charge in [0, 0.05) is 40.1 Å². The van der Waals surface area contributed by atoms with Crippen molar-refractivity contribution in [2.24, 2.45) is 0 Å². The fourth-order valence-electron chi connectivity index (χ4n) is 3.95. The third-order valence-corrected chi connectivity index (χ3v) is 5.99. The van der Waals surface area contributed by atoms with Crippen molar-refractivity contribution in [3.63, 3.8) is 0 Å². The van der Waals surface area contributed by atoms with Crippen molar-refractivity contribution in [1.29, 1.82) is 0 Å². The van der Waals surface area contributed by atoms with Gasteiger partial charge >= 0.3 is 6.36 Å². The molecule has 0 unspecified atom stereocenters. The highest BCUT2D eigenvalue weighted by Crippen LogP contribution is 2.33. The Balaban J connectivity index is 1.62. The summed E-state index contributed by atoms with van der Waals surface area (Å²) in [7, 11) is 0. The topological polar surface area (TPSA) is 76.3 Å². The second-order valence-corrected chi connectivity index (χ2v) is 8.57. The molecule has 0 bridgehead atoms. The van der Waals surface area contributed by atoms with E-state index < -0.39 is 48.9 Å². The van der Waals surface area contributed by atoms with Crippen molar-refractivity contribution >= 4 is 0 Å². The van der Waals surface area contributed by atoms with Gasteiger partial charge in [0.05, 0.1) is 12.2 Å². The zero-order valence-corrected chi connectivity index (χ0v) is 19.9. The summed E-state index contributed by atoms with van der Waals surface area (Å²) in [6, 6.07) is 9.52. The number of nitrogens with zero attached hydrogens (tertiary/aromatic N) is 5. The van der Waals surface area contributed by atoms with Gasteiger partial charge in [0.25, 0.3) is 0 Å². The number of alkyl halides is 3. The summed E-state index contributed by atoms with van der Waals surface area (Å²) in [6.45, 7) is -2.03. The van der Waals surface area contributed by atoms with Gasteiger partial charge in [-0.3, -0.25) is 9.88 Å². The molecule has 2 aromatic carbocycles. The molecule has 2 atom stereocenters. The molecule has 1 N–H and O–H groups in total. The van der Waals surface area contributed by atoms with Gasteiger partial charge in [-0.1, -0.05) is 12.1 Å². The van der Waals surface area contributed by atoms with Gasteiger partial charge in [-0.05, 0) is 55.9 Å². The highest BCUT2D eigenvalue weighted by atomic mass is 19.4. The number of likely N-dealkylation sites (N-methyl/N-ethyl adjacent to an activating group) is 1. The fraction of sp³-hybridized carbons (Fsp3) is 0.269. The number of rotatable bonds is 9. The van der Waals surface area contributed by atoms with E-state index in [1.54, 1.807) is 12.1 Å². The Morgan fingerprint density at radius 3 is 2.45 bits per heavy atom. The first-order chi connectivity index (χ1) is 19.2. The lowest BCUT2D eigenvalue weighted by atomic mass is 9.85. The summed E-state index contributed by atoms with van der Waals surface area (Å²) in [6.07, 6.45) is -0.978. The summed E-state index contributed by atoms with van der Waals surface area (Å²) in [4.78, 5) is 9.08. The van der Waals surface area contributed by atoms with E-state index in [0.717, 1.165) is 29.2 Å². The Kier molecular flexibility index (Phi) is 6.63. The minimum atomic E-state index is -4.82. The lowest BCUT2D eigenvalue weighted by Crippen LogP contribution is -2.50. The van der Waals surface area contributed by atoms with E-state index in [2.05, 4.69) is 19.8 Å². The van der Waals surface area contributed by atoms with Crippen LogP contribution < -0.4 is 4.74 Å². The molecular weight excluding hydrogens is 509 g/mol.